The monoisotopic (exact) mass is 413 g/mol. The van der Waals surface area contributed by atoms with E-state index in [-0.39, 0.29) is 29.5 Å². The summed E-state index contributed by atoms with van der Waals surface area (Å²) in [5, 5.41) is 2.73. The van der Waals surface area contributed by atoms with Gasteiger partial charge in [0.15, 0.2) is 17.3 Å². The maximum atomic E-state index is 12.7. The van der Waals surface area contributed by atoms with E-state index in [1.165, 1.54) is 6.20 Å². The number of fused-ring (bicyclic) bond motifs is 1. The number of methoxy groups -OCH3 is 3. The van der Waals surface area contributed by atoms with Gasteiger partial charge in [0.05, 0.1) is 32.6 Å². The number of rotatable bonds is 7. The maximum Gasteiger partial charge on any atom is 0.229 e. The fourth-order valence-corrected chi connectivity index (χ4v) is 3.50. The molecule has 3 rings (SSSR count). The van der Waals surface area contributed by atoms with Gasteiger partial charge >= 0.3 is 0 Å². The molecule has 2 aromatic rings. The summed E-state index contributed by atoms with van der Waals surface area (Å²) in [6.45, 7) is 3.79. The summed E-state index contributed by atoms with van der Waals surface area (Å²) in [7, 11) is 4.66. The Kier molecular flexibility index (Phi) is 6.54. The normalized spacial score (nSPS) is 16.4. The van der Waals surface area contributed by atoms with Crippen molar-refractivity contribution >= 4 is 17.6 Å². The molecule has 1 aromatic heterocycles. The first-order valence-electron chi connectivity index (χ1n) is 9.91. The number of Topliss-reactive ketones (excluding diaryl/α,β-unsaturated/α-hetero) is 1. The van der Waals surface area contributed by atoms with Gasteiger partial charge in [-0.1, -0.05) is 13.8 Å². The molecule has 30 heavy (non-hydrogen) atoms. The lowest BCUT2D eigenvalue weighted by Gasteiger charge is -2.25. The van der Waals surface area contributed by atoms with E-state index in [4.69, 9.17) is 14.2 Å². The van der Waals surface area contributed by atoms with Crippen LogP contribution in [0, 0.1) is 5.92 Å². The molecule has 0 saturated carbocycles. The van der Waals surface area contributed by atoms with Crippen LogP contribution >= 0.6 is 0 Å². The molecule has 1 amide bonds. The molecule has 0 fully saturated rings. The van der Waals surface area contributed by atoms with Gasteiger partial charge < -0.3 is 14.2 Å². The molecular formula is C22H27N3O5. The third-order valence-electron chi connectivity index (χ3n) is 5.49. The zero-order chi connectivity index (χ0) is 21.8. The summed E-state index contributed by atoms with van der Waals surface area (Å²) in [4.78, 5) is 33.5. The molecule has 1 aliphatic carbocycles. The second-order valence-corrected chi connectivity index (χ2v) is 7.34. The van der Waals surface area contributed by atoms with Crippen LogP contribution in [0.2, 0.25) is 0 Å². The highest BCUT2D eigenvalue weighted by molar-refractivity contribution is 5.99. The van der Waals surface area contributed by atoms with Gasteiger partial charge in [0.25, 0.3) is 0 Å². The van der Waals surface area contributed by atoms with Crippen molar-refractivity contribution in [2.24, 2.45) is 5.92 Å². The summed E-state index contributed by atoms with van der Waals surface area (Å²) in [5.41, 5.74) is 2.02. The fourth-order valence-electron chi connectivity index (χ4n) is 3.50. The zero-order valence-electron chi connectivity index (χ0n) is 17.9. The smallest absolute Gasteiger partial charge is 0.229 e. The van der Waals surface area contributed by atoms with Gasteiger partial charge in [-0.2, -0.15) is 0 Å². The Hall–Kier alpha value is -3.16. The summed E-state index contributed by atoms with van der Waals surface area (Å²) in [5.74, 6) is 1.38. The Bertz CT molecular complexity index is 935. The van der Waals surface area contributed by atoms with Gasteiger partial charge in [-0.15, -0.1) is 0 Å². The van der Waals surface area contributed by atoms with E-state index in [9.17, 15) is 9.59 Å². The number of hydrogen-bond donors (Lipinski definition) is 1. The predicted molar refractivity (Wildman–Crippen MR) is 112 cm³/mol. The largest absolute Gasteiger partial charge is 0.493 e. The van der Waals surface area contributed by atoms with Crippen LogP contribution in [-0.4, -0.2) is 43.0 Å². The van der Waals surface area contributed by atoms with Gasteiger partial charge in [0.2, 0.25) is 17.6 Å². The zero-order valence-corrected chi connectivity index (χ0v) is 17.9. The van der Waals surface area contributed by atoms with Gasteiger partial charge in [-0.25, -0.2) is 9.97 Å². The lowest BCUT2D eigenvalue weighted by atomic mass is 9.82. The molecule has 1 aromatic carbocycles. The first-order chi connectivity index (χ1) is 14.4. The highest BCUT2D eigenvalue weighted by Crippen LogP contribution is 2.42. The topological polar surface area (TPSA) is 99.6 Å². The van der Waals surface area contributed by atoms with E-state index >= 15 is 0 Å². The first kappa shape index (κ1) is 21.5. The van der Waals surface area contributed by atoms with Gasteiger partial charge in [0.1, 0.15) is 0 Å². The Morgan fingerprint density at radius 2 is 1.83 bits per heavy atom. The molecule has 0 unspecified atom stereocenters. The highest BCUT2D eigenvalue weighted by Gasteiger charge is 2.30. The summed E-state index contributed by atoms with van der Waals surface area (Å²) < 4.78 is 16.3. The number of carbonyl (C=O) groups is 2. The minimum Gasteiger partial charge on any atom is -0.493 e. The Labute approximate surface area is 176 Å². The average Bonchev–Trinajstić information content (AvgIpc) is 2.76. The molecule has 8 nitrogen and oxygen atoms in total. The number of hydrogen-bond acceptors (Lipinski definition) is 7. The van der Waals surface area contributed by atoms with Crippen LogP contribution < -0.4 is 19.5 Å². The Morgan fingerprint density at radius 1 is 1.17 bits per heavy atom. The number of nitrogens with one attached hydrogen (secondary N) is 1. The standard InChI is InChI=1S/C22H27N3O5/c1-6-12(2)21(27)25-22-23-11-15-16(24-22)7-13(8-17(15)26)14-9-18(28-3)20(30-5)19(10-14)29-4/h9-13H,6-8H2,1-5H3,(H,23,24,25,27)/t12-,13+/m1/s1. The number of ether oxygens (including phenoxy) is 3. The third kappa shape index (κ3) is 4.22. The van der Waals surface area contributed by atoms with E-state index in [1.54, 1.807) is 21.3 Å². The number of benzene rings is 1. The second kappa shape index (κ2) is 9.11. The number of carbonyl (C=O) groups excluding carboxylic acids is 2. The lowest BCUT2D eigenvalue weighted by molar-refractivity contribution is -0.119. The van der Waals surface area contributed by atoms with E-state index < -0.39 is 0 Å². The van der Waals surface area contributed by atoms with Crippen molar-refractivity contribution in [1.82, 2.24) is 9.97 Å². The van der Waals surface area contributed by atoms with E-state index in [0.29, 0.717) is 41.3 Å². The van der Waals surface area contributed by atoms with E-state index in [2.05, 4.69) is 15.3 Å². The minimum absolute atomic E-state index is 0.0326. The Morgan fingerprint density at radius 3 is 2.40 bits per heavy atom. The molecule has 1 N–H and O–H groups in total. The molecule has 8 heteroatoms. The molecule has 0 saturated heterocycles. The van der Waals surface area contributed by atoms with Gasteiger partial charge in [0, 0.05) is 18.5 Å². The molecule has 2 atom stereocenters. The van der Waals surface area contributed by atoms with Gasteiger partial charge in [-0.05, 0) is 36.5 Å². The van der Waals surface area contributed by atoms with Crippen LogP contribution in [0.3, 0.4) is 0 Å². The van der Waals surface area contributed by atoms with Crippen molar-refractivity contribution in [3.05, 3.63) is 35.2 Å². The number of nitrogens with zero attached hydrogens (tertiary/aromatic N) is 2. The van der Waals surface area contributed by atoms with Gasteiger partial charge in [-0.3, -0.25) is 14.9 Å². The fraction of sp³-hybridized carbons (Fsp3) is 0.455. The predicted octanol–water partition coefficient (Wildman–Crippen LogP) is 3.40. The van der Waals surface area contributed by atoms with Crippen LogP contribution in [0.5, 0.6) is 17.2 Å². The maximum absolute atomic E-state index is 12.7. The Balaban J connectivity index is 1.92. The van der Waals surface area contributed by atoms with Crippen molar-refractivity contribution in [1.29, 1.82) is 0 Å². The van der Waals surface area contributed by atoms with Crippen LogP contribution in [0.4, 0.5) is 5.95 Å². The minimum atomic E-state index is -0.141. The molecular weight excluding hydrogens is 386 g/mol. The number of amides is 1. The molecule has 0 radical (unpaired) electrons. The van der Waals surface area contributed by atoms with Crippen molar-refractivity contribution in [3.8, 4) is 17.2 Å². The molecule has 1 aliphatic rings. The number of aromatic nitrogens is 2. The van der Waals surface area contributed by atoms with Crippen molar-refractivity contribution in [3.63, 3.8) is 0 Å². The molecule has 0 aliphatic heterocycles. The van der Waals surface area contributed by atoms with E-state index in [0.717, 1.165) is 12.0 Å². The second-order valence-electron chi connectivity index (χ2n) is 7.34. The summed E-state index contributed by atoms with van der Waals surface area (Å²) in [6.07, 6.45) is 3.09. The van der Waals surface area contributed by atoms with Crippen molar-refractivity contribution in [2.45, 2.75) is 39.0 Å². The van der Waals surface area contributed by atoms with Crippen molar-refractivity contribution in [2.75, 3.05) is 26.6 Å². The summed E-state index contributed by atoms with van der Waals surface area (Å²) in [6, 6.07) is 3.72. The summed E-state index contributed by atoms with van der Waals surface area (Å²) >= 11 is 0. The SMILES string of the molecule is CC[C@@H](C)C(=O)Nc1ncc2c(n1)C[C@H](c1cc(OC)c(OC)c(OC)c1)CC2=O. The molecule has 0 spiro atoms. The molecule has 160 valence electrons. The van der Waals surface area contributed by atoms with E-state index in [1.807, 2.05) is 26.0 Å². The average molecular weight is 413 g/mol. The van der Waals surface area contributed by atoms with Crippen LogP contribution in [-0.2, 0) is 11.2 Å². The number of anilines is 1. The quantitative estimate of drug-likeness (QED) is 0.742. The number of ketones is 1. The third-order valence-corrected chi connectivity index (χ3v) is 5.49. The molecule has 1 heterocycles. The molecule has 0 bridgehead atoms. The lowest BCUT2D eigenvalue weighted by Crippen LogP contribution is -2.24. The van der Waals surface area contributed by atoms with Crippen LogP contribution in [0.1, 0.15) is 54.2 Å². The van der Waals surface area contributed by atoms with Crippen LogP contribution in [0.15, 0.2) is 18.3 Å². The van der Waals surface area contributed by atoms with Crippen LogP contribution in [0.25, 0.3) is 0 Å². The highest BCUT2D eigenvalue weighted by atomic mass is 16.5. The first-order valence-corrected chi connectivity index (χ1v) is 9.91. The van der Waals surface area contributed by atoms with Crippen molar-refractivity contribution < 1.29 is 23.8 Å².